The molecule has 0 saturated heterocycles. The average molecular weight is 349 g/mol. The number of hydrogen-bond acceptors (Lipinski definition) is 2. The van der Waals surface area contributed by atoms with E-state index < -0.39 is 0 Å². The average Bonchev–Trinajstić information content (AvgIpc) is 2.49. The molecule has 3 aromatic rings. The van der Waals surface area contributed by atoms with Crippen molar-refractivity contribution in [1.82, 2.24) is 9.97 Å². The Bertz CT molecular complexity index is 742. The Morgan fingerprint density at radius 3 is 2.76 bits per heavy atom. The molecule has 0 atom stereocenters. The summed E-state index contributed by atoms with van der Waals surface area (Å²) in [5, 5.41) is 0. The first-order valence-corrected chi connectivity index (χ1v) is 6.41. The second-order valence-electron chi connectivity index (χ2n) is 4.69. The molecule has 0 aliphatic rings. The summed E-state index contributed by atoms with van der Waals surface area (Å²) >= 11 is 0. The van der Waals surface area contributed by atoms with Crippen molar-refractivity contribution in [3.8, 4) is 22.4 Å². The van der Waals surface area contributed by atoms with Crippen LogP contribution in [0.3, 0.4) is 0 Å². The Balaban J connectivity index is 0.00000161. The van der Waals surface area contributed by atoms with E-state index in [4.69, 9.17) is 0 Å². The molecule has 0 aliphatic carbocycles. The number of aryl methyl sites for hydroxylation is 2. The van der Waals surface area contributed by atoms with E-state index in [0.717, 1.165) is 16.8 Å². The Morgan fingerprint density at radius 2 is 2.05 bits per heavy atom. The largest absolute Gasteiger partial charge is 0.352 e. The van der Waals surface area contributed by atoms with Crippen LogP contribution in [-0.2, 0) is 39.8 Å². The summed E-state index contributed by atoms with van der Waals surface area (Å²) in [6, 6.07) is 13.5. The zero-order valence-corrected chi connectivity index (χ0v) is 14.9. The fourth-order valence-electron chi connectivity index (χ4n) is 2.20. The van der Waals surface area contributed by atoms with Gasteiger partial charge in [0, 0.05) is 51.2 Å². The summed E-state index contributed by atoms with van der Waals surface area (Å²) in [4.78, 5) is 7.98. The number of benzene rings is 1. The molecule has 3 nitrogen and oxygen atoms in total. The SMILES string of the molecule is Cc1c[c-]c(-c2[c-]ncnc2)cc1-c1cccc[n+]1C.[Y]. The van der Waals surface area contributed by atoms with Gasteiger partial charge in [0.05, 0.1) is 0 Å². The van der Waals surface area contributed by atoms with Gasteiger partial charge in [-0.05, 0) is 11.6 Å². The molecule has 0 aliphatic heterocycles. The zero-order chi connectivity index (χ0) is 13.9. The van der Waals surface area contributed by atoms with Gasteiger partial charge >= 0.3 is 0 Å². The molecule has 4 heteroatoms. The van der Waals surface area contributed by atoms with E-state index in [1.54, 1.807) is 6.20 Å². The molecule has 0 amide bonds. The molecular weight excluding hydrogens is 335 g/mol. The van der Waals surface area contributed by atoms with Crippen LogP contribution >= 0.6 is 0 Å². The minimum absolute atomic E-state index is 0. The van der Waals surface area contributed by atoms with E-state index in [9.17, 15) is 0 Å². The van der Waals surface area contributed by atoms with Crippen molar-refractivity contribution in [1.29, 1.82) is 0 Å². The van der Waals surface area contributed by atoms with Gasteiger partial charge in [-0.15, -0.1) is 5.56 Å². The topological polar surface area (TPSA) is 29.7 Å². The van der Waals surface area contributed by atoms with Gasteiger partial charge in [0.1, 0.15) is 7.05 Å². The van der Waals surface area contributed by atoms with Gasteiger partial charge in [-0.3, -0.25) is 0 Å². The van der Waals surface area contributed by atoms with E-state index >= 15 is 0 Å². The molecule has 0 unspecified atom stereocenters. The van der Waals surface area contributed by atoms with Crippen LogP contribution in [0.1, 0.15) is 5.56 Å². The molecule has 0 spiro atoms. The number of nitrogens with zero attached hydrogens (tertiary/aromatic N) is 3. The first-order valence-electron chi connectivity index (χ1n) is 6.41. The summed E-state index contributed by atoms with van der Waals surface area (Å²) in [7, 11) is 2.04. The van der Waals surface area contributed by atoms with Crippen molar-refractivity contribution in [2.24, 2.45) is 7.05 Å². The van der Waals surface area contributed by atoms with Gasteiger partial charge in [0.2, 0.25) is 0 Å². The third kappa shape index (κ3) is 3.42. The summed E-state index contributed by atoms with van der Waals surface area (Å²) in [6.45, 7) is 2.09. The predicted molar refractivity (Wildman–Crippen MR) is 76.5 cm³/mol. The molecule has 3 rings (SSSR count). The van der Waals surface area contributed by atoms with Crippen LogP contribution in [-0.4, -0.2) is 9.97 Å². The van der Waals surface area contributed by atoms with Crippen LogP contribution in [0.5, 0.6) is 0 Å². The maximum absolute atomic E-state index is 4.04. The second kappa shape index (κ2) is 7.01. The number of hydrogen-bond donors (Lipinski definition) is 0. The van der Waals surface area contributed by atoms with Crippen LogP contribution in [0.4, 0.5) is 0 Å². The van der Waals surface area contributed by atoms with Gasteiger partial charge in [-0.25, -0.2) is 10.1 Å². The van der Waals surface area contributed by atoms with Crippen molar-refractivity contribution in [2.45, 2.75) is 6.92 Å². The molecule has 0 saturated carbocycles. The van der Waals surface area contributed by atoms with Crippen LogP contribution in [0.2, 0.25) is 0 Å². The number of pyridine rings is 1. The van der Waals surface area contributed by atoms with Crippen molar-refractivity contribution in [3.05, 3.63) is 66.9 Å². The maximum atomic E-state index is 4.04. The van der Waals surface area contributed by atoms with Crippen molar-refractivity contribution < 1.29 is 37.3 Å². The normalized spacial score (nSPS) is 10.0. The van der Waals surface area contributed by atoms with E-state index in [-0.39, 0.29) is 32.7 Å². The number of rotatable bonds is 2. The van der Waals surface area contributed by atoms with E-state index in [1.807, 2.05) is 31.4 Å². The molecule has 2 aromatic heterocycles. The minimum Gasteiger partial charge on any atom is -0.352 e. The zero-order valence-electron chi connectivity index (χ0n) is 12.0. The fourth-order valence-corrected chi connectivity index (χ4v) is 2.20. The van der Waals surface area contributed by atoms with E-state index in [2.05, 4.69) is 45.9 Å². The standard InChI is InChI=1S/C17H14N3.Y/c1-13-6-7-14(15-10-18-12-19-11-15)9-16(13)17-5-3-4-8-20(17)2;/h3-6,8-10,12H,1-2H3;/q-1;. The fraction of sp³-hybridized carbons (Fsp3) is 0.118. The Labute approximate surface area is 150 Å². The van der Waals surface area contributed by atoms with Crippen LogP contribution < -0.4 is 4.57 Å². The van der Waals surface area contributed by atoms with Gasteiger partial charge in [-0.2, -0.15) is 23.8 Å². The summed E-state index contributed by atoms with van der Waals surface area (Å²) in [6.07, 6.45) is 8.23. The molecule has 1 aromatic carbocycles. The molecule has 101 valence electrons. The van der Waals surface area contributed by atoms with Crippen molar-refractivity contribution in [3.63, 3.8) is 0 Å². The molecule has 0 bridgehead atoms. The summed E-state index contributed by atoms with van der Waals surface area (Å²) < 4.78 is 2.11. The van der Waals surface area contributed by atoms with Gasteiger partial charge < -0.3 is 9.97 Å². The monoisotopic (exact) mass is 349 g/mol. The van der Waals surface area contributed by atoms with Crippen molar-refractivity contribution >= 4 is 0 Å². The van der Waals surface area contributed by atoms with Crippen LogP contribution in [0.15, 0.2) is 49.1 Å². The molecular formula is C17H14N3Y-. The maximum Gasteiger partial charge on any atom is 0.193 e. The second-order valence-corrected chi connectivity index (χ2v) is 4.69. The van der Waals surface area contributed by atoms with Gasteiger partial charge in [0.15, 0.2) is 11.9 Å². The first-order chi connectivity index (χ1) is 9.75. The summed E-state index contributed by atoms with van der Waals surface area (Å²) in [5.41, 5.74) is 5.34. The quantitative estimate of drug-likeness (QED) is 0.526. The Kier molecular flexibility index (Phi) is 5.32. The Hall–Kier alpha value is -1.45. The van der Waals surface area contributed by atoms with Crippen LogP contribution in [0, 0.1) is 19.2 Å². The predicted octanol–water partition coefficient (Wildman–Crippen LogP) is 2.54. The molecule has 1 radical (unpaired) electrons. The third-order valence-corrected chi connectivity index (χ3v) is 3.29. The molecule has 0 N–H and O–H groups in total. The first kappa shape index (κ1) is 15.9. The van der Waals surface area contributed by atoms with Gasteiger partial charge in [-0.1, -0.05) is 19.3 Å². The van der Waals surface area contributed by atoms with Crippen molar-refractivity contribution in [2.75, 3.05) is 0 Å². The minimum atomic E-state index is 0. The third-order valence-electron chi connectivity index (χ3n) is 3.29. The smallest absolute Gasteiger partial charge is 0.193 e. The van der Waals surface area contributed by atoms with Gasteiger partial charge in [0.25, 0.3) is 0 Å². The van der Waals surface area contributed by atoms with E-state index in [0.29, 0.717) is 0 Å². The van der Waals surface area contributed by atoms with Crippen LogP contribution in [0.25, 0.3) is 22.4 Å². The van der Waals surface area contributed by atoms with E-state index in [1.165, 1.54) is 17.5 Å². The molecule has 21 heavy (non-hydrogen) atoms. The summed E-state index contributed by atoms with van der Waals surface area (Å²) in [5.74, 6) is 0. The number of aromatic nitrogens is 3. The Morgan fingerprint density at radius 1 is 1.19 bits per heavy atom. The molecule has 2 heterocycles. The molecule has 0 fully saturated rings.